The fourth-order valence-corrected chi connectivity index (χ4v) is 2.32. The third kappa shape index (κ3) is 6.67. The Hall–Kier alpha value is 1.21. The zero-order chi connectivity index (χ0) is 13.7. The van der Waals surface area contributed by atoms with Crippen LogP contribution < -0.4 is 39.9 Å². The standard InChI is InChI=1S/C6HCl5O3S.CH2O.H3N.Na/c7-1-2(8)4(10)6(14-15(12)13)5(11)3(1)9;1-2;;/h(H,12,13);1H2;1H3;/q;;;+1/p-1. The molecular weight excluding hydrogens is 394 g/mol. The average Bonchev–Trinajstić information content (AvgIpc) is 2.32. The third-order valence-electron chi connectivity index (χ3n) is 1.32. The van der Waals surface area contributed by atoms with Crippen LogP contribution in [0.2, 0.25) is 25.1 Å². The van der Waals surface area contributed by atoms with Gasteiger partial charge in [-0.1, -0.05) is 58.0 Å². The van der Waals surface area contributed by atoms with Crippen LogP contribution in [0.5, 0.6) is 5.75 Å². The first kappa shape index (κ1) is 25.2. The summed E-state index contributed by atoms with van der Waals surface area (Å²) in [7, 11) is 0. The number of hydrogen-bond donors (Lipinski definition) is 1. The van der Waals surface area contributed by atoms with E-state index in [1.165, 1.54) is 0 Å². The van der Waals surface area contributed by atoms with Crippen LogP contribution >= 0.6 is 58.0 Å². The maximum Gasteiger partial charge on any atom is 1.00 e. The summed E-state index contributed by atoms with van der Waals surface area (Å²) in [5, 5.41) is -0.778. The van der Waals surface area contributed by atoms with Crippen molar-refractivity contribution < 1.29 is 47.3 Å². The van der Waals surface area contributed by atoms with Gasteiger partial charge in [0.2, 0.25) is 0 Å². The van der Waals surface area contributed by atoms with Crippen molar-refractivity contribution in [2.24, 2.45) is 0 Å². The van der Waals surface area contributed by atoms with Crippen LogP contribution in [0.15, 0.2) is 0 Å². The van der Waals surface area contributed by atoms with Crippen LogP contribution in [-0.4, -0.2) is 15.6 Å². The fourth-order valence-electron chi connectivity index (χ4n) is 0.726. The maximum absolute atomic E-state index is 10.3. The molecule has 12 heteroatoms. The number of benzene rings is 1. The van der Waals surface area contributed by atoms with E-state index in [1.807, 2.05) is 6.79 Å². The van der Waals surface area contributed by atoms with E-state index in [2.05, 4.69) is 4.18 Å². The second-order valence-corrected chi connectivity index (χ2v) is 4.65. The van der Waals surface area contributed by atoms with Crippen molar-refractivity contribution in [3.05, 3.63) is 25.1 Å². The molecule has 1 aromatic carbocycles. The van der Waals surface area contributed by atoms with Crippen LogP contribution in [0, 0.1) is 0 Å². The SMILES string of the molecule is C=O.N.O=S([O-])Oc1c(Cl)c(Cl)c(Cl)c(Cl)c1Cl.[Na+]. The van der Waals surface area contributed by atoms with Gasteiger partial charge in [0.25, 0.3) is 0 Å². The van der Waals surface area contributed by atoms with E-state index in [0.717, 1.165) is 0 Å². The second-order valence-electron chi connectivity index (χ2n) is 2.19. The quantitative estimate of drug-likeness (QED) is 0.347. The molecule has 0 aliphatic rings. The topological polar surface area (TPSA) is 101 Å². The Balaban J connectivity index is -0.000000609. The summed E-state index contributed by atoms with van der Waals surface area (Å²) in [6.45, 7) is 2.00. The molecule has 0 aromatic heterocycles. The summed E-state index contributed by atoms with van der Waals surface area (Å²) in [6, 6.07) is 0. The molecule has 0 aliphatic heterocycles. The molecule has 0 heterocycles. The van der Waals surface area contributed by atoms with Gasteiger partial charge in [0, 0.05) is 0 Å². The van der Waals surface area contributed by atoms with Gasteiger partial charge in [-0.05, 0) is 0 Å². The first-order chi connectivity index (χ1) is 7.86. The zero-order valence-corrected chi connectivity index (χ0v) is 15.9. The molecule has 5 nitrogen and oxygen atoms in total. The molecule has 19 heavy (non-hydrogen) atoms. The normalized spacial score (nSPS) is 10.2. The van der Waals surface area contributed by atoms with E-state index in [-0.39, 0.29) is 66.6 Å². The molecule has 1 rings (SSSR count). The van der Waals surface area contributed by atoms with Crippen molar-refractivity contribution in [1.82, 2.24) is 6.15 Å². The van der Waals surface area contributed by atoms with Crippen LogP contribution in [-0.2, 0) is 16.2 Å². The van der Waals surface area contributed by atoms with Gasteiger partial charge in [-0.3, -0.25) is 0 Å². The summed E-state index contributed by atoms with van der Waals surface area (Å²) in [5.41, 5.74) is 0. The van der Waals surface area contributed by atoms with E-state index in [9.17, 15) is 8.76 Å². The molecule has 104 valence electrons. The van der Waals surface area contributed by atoms with E-state index in [1.54, 1.807) is 0 Å². The Morgan fingerprint density at radius 2 is 1.16 bits per heavy atom. The van der Waals surface area contributed by atoms with Crippen molar-refractivity contribution in [3.63, 3.8) is 0 Å². The second kappa shape index (κ2) is 11.8. The number of carbonyl (C=O) groups is 1. The summed E-state index contributed by atoms with van der Waals surface area (Å²) >= 11 is 25.5. The molecule has 0 spiro atoms. The average molecular weight is 399 g/mol. The largest absolute Gasteiger partial charge is 1.00 e. The van der Waals surface area contributed by atoms with Gasteiger partial charge in [-0.15, -0.1) is 0 Å². The molecular formula is C7H5Cl5NNaO4S. The van der Waals surface area contributed by atoms with Crippen LogP contribution in [0.3, 0.4) is 0 Å². The van der Waals surface area contributed by atoms with Gasteiger partial charge in [0.1, 0.15) is 28.2 Å². The number of halogens is 5. The molecule has 1 unspecified atom stereocenters. The van der Waals surface area contributed by atoms with Crippen LogP contribution in [0.4, 0.5) is 0 Å². The summed E-state index contributed by atoms with van der Waals surface area (Å²) < 4.78 is 25.0. The van der Waals surface area contributed by atoms with Gasteiger partial charge in [0.05, 0.1) is 15.1 Å². The number of hydrogen-bond acceptors (Lipinski definition) is 5. The van der Waals surface area contributed by atoms with Crippen LogP contribution in [0.1, 0.15) is 0 Å². The monoisotopic (exact) mass is 397 g/mol. The molecule has 0 saturated heterocycles. The molecule has 0 saturated carbocycles. The molecule has 3 N–H and O–H groups in total. The van der Waals surface area contributed by atoms with E-state index in [4.69, 9.17) is 62.8 Å². The Labute approximate surface area is 159 Å². The first-order valence-electron chi connectivity index (χ1n) is 3.44. The van der Waals surface area contributed by atoms with Crippen LogP contribution in [0.25, 0.3) is 0 Å². The fraction of sp³-hybridized carbons (Fsp3) is 0. The molecule has 1 atom stereocenters. The minimum Gasteiger partial charge on any atom is -0.740 e. The van der Waals surface area contributed by atoms with E-state index in [0.29, 0.717) is 0 Å². The first-order valence-corrected chi connectivity index (χ1v) is 6.33. The van der Waals surface area contributed by atoms with Crippen molar-refractivity contribution >= 4 is 76.2 Å². The minimum absolute atomic E-state index is 0. The Morgan fingerprint density at radius 1 is 0.895 bits per heavy atom. The van der Waals surface area contributed by atoms with Gasteiger partial charge in [0.15, 0.2) is 5.75 Å². The summed E-state index contributed by atoms with van der Waals surface area (Å²) in [5.74, 6) is -0.355. The predicted molar refractivity (Wildman–Crippen MR) is 73.2 cm³/mol. The molecule has 1 aromatic rings. The van der Waals surface area contributed by atoms with Gasteiger partial charge in [-0.2, -0.15) is 0 Å². The zero-order valence-electron chi connectivity index (χ0n) is 9.35. The Morgan fingerprint density at radius 3 is 1.42 bits per heavy atom. The maximum atomic E-state index is 10.3. The van der Waals surface area contributed by atoms with E-state index >= 15 is 0 Å². The predicted octanol–water partition coefficient (Wildman–Crippen LogP) is 1.11. The summed E-state index contributed by atoms with van der Waals surface area (Å²) in [6.07, 6.45) is 0. The number of carbonyl (C=O) groups excluding carboxylic acids is 1. The molecule has 0 amide bonds. The van der Waals surface area contributed by atoms with Gasteiger partial charge < -0.3 is 19.7 Å². The van der Waals surface area contributed by atoms with Crippen molar-refractivity contribution in [2.75, 3.05) is 0 Å². The molecule has 0 aliphatic carbocycles. The summed E-state index contributed by atoms with van der Waals surface area (Å²) in [4.78, 5) is 8.00. The number of rotatable bonds is 2. The van der Waals surface area contributed by atoms with Crippen molar-refractivity contribution in [2.45, 2.75) is 0 Å². The van der Waals surface area contributed by atoms with Crippen molar-refractivity contribution in [1.29, 1.82) is 0 Å². The van der Waals surface area contributed by atoms with E-state index < -0.39 is 11.4 Å². The Bertz CT molecular complexity index is 435. The minimum atomic E-state index is -2.84. The smallest absolute Gasteiger partial charge is 0.740 e. The van der Waals surface area contributed by atoms with Gasteiger partial charge >= 0.3 is 29.6 Å². The molecule has 0 bridgehead atoms. The molecule has 0 fully saturated rings. The third-order valence-corrected chi connectivity index (χ3v) is 3.87. The molecule has 0 radical (unpaired) electrons. The van der Waals surface area contributed by atoms with Gasteiger partial charge in [-0.25, -0.2) is 4.21 Å². The Kier molecular flexibility index (Phi) is 15.7. The van der Waals surface area contributed by atoms with Crippen molar-refractivity contribution in [3.8, 4) is 5.75 Å².